The fourth-order valence-corrected chi connectivity index (χ4v) is 1.59. The van der Waals surface area contributed by atoms with Gasteiger partial charge in [-0.25, -0.2) is 0 Å². The van der Waals surface area contributed by atoms with Crippen molar-refractivity contribution in [2.75, 3.05) is 0 Å². The van der Waals surface area contributed by atoms with Crippen molar-refractivity contribution in [2.45, 2.75) is 32.1 Å². The smallest absolute Gasteiger partial charge is 0.293 e. The van der Waals surface area contributed by atoms with Gasteiger partial charge in [-0.15, -0.1) is 0 Å². The number of carbonyl (C=O) groups is 1. The standard InChI is InChI=1S/C14H14F2O/c1-10(17)14(15,16)13-8-6-12(7-9-13)5-4-11-2-3-11/h4,6-9H,2-3,5H2,1H3. The van der Waals surface area contributed by atoms with Crippen LogP contribution in [0, 0.1) is 0 Å². The highest BCUT2D eigenvalue weighted by Gasteiger charge is 2.36. The first kappa shape index (κ1) is 12.0. The molecule has 2 rings (SSSR count). The van der Waals surface area contributed by atoms with Crippen molar-refractivity contribution in [1.82, 2.24) is 0 Å². The summed E-state index contributed by atoms with van der Waals surface area (Å²) in [7, 11) is 0. The molecule has 0 spiro atoms. The number of Topliss-reactive ketones (excluding diaryl/α,β-unsaturated/α-hetero) is 1. The van der Waals surface area contributed by atoms with Gasteiger partial charge in [-0.1, -0.05) is 35.9 Å². The molecular formula is C14H14F2O. The lowest BCUT2D eigenvalue weighted by Gasteiger charge is -2.13. The molecule has 90 valence electrons. The van der Waals surface area contributed by atoms with Gasteiger partial charge in [-0.2, -0.15) is 8.78 Å². The summed E-state index contributed by atoms with van der Waals surface area (Å²) in [5.41, 5.74) is 2.20. The molecule has 0 aromatic heterocycles. The van der Waals surface area contributed by atoms with E-state index in [1.54, 1.807) is 12.1 Å². The molecule has 0 N–H and O–H groups in total. The maximum atomic E-state index is 13.4. The van der Waals surface area contributed by atoms with Crippen LogP contribution >= 0.6 is 0 Å². The third kappa shape index (κ3) is 2.78. The molecule has 1 saturated carbocycles. The van der Waals surface area contributed by atoms with Crippen molar-refractivity contribution in [3.63, 3.8) is 0 Å². The number of allylic oxidation sites excluding steroid dienone is 2. The number of rotatable bonds is 4. The number of benzene rings is 1. The lowest BCUT2D eigenvalue weighted by atomic mass is 10.0. The lowest BCUT2D eigenvalue weighted by Crippen LogP contribution is -2.22. The van der Waals surface area contributed by atoms with Crippen LogP contribution in [-0.2, 0) is 17.1 Å². The van der Waals surface area contributed by atoms with Gasteiger partial charge in [0.05, 0.1) is 0 Å². The molecule has 0 saturated heterocycles. The molecule has 0 bridgehead atoms. The van der Waals surface area contributed by atoms with E-state index < -0.39 is 11.7 Å². The quantitative estimate of drug-likeness (QED) is 0.729. The van der Waals surface area contributed by atoms with Crippen molar-refractivity contribution in [2.24, 2.45) is 0 Å². The number of carbonyl (C=O) groups excluding carboxylic acids is 1. The van der Waals surface area contributed by atoms with Gasteiger partial charge in [0.25, 0.3) is 0 Å². The molecule has 1 aromatic rings. The molecule has 1 aromatic carbocycles. The van der Waals surface area contributed by atoms with Crippen LogP contribution in [0.4, 0.5) is 8.78 Å². The molecule has 3 heteroatoms. The van der Waals surface area contributed by atoms with Crippen molar-refractivity contribution in [3.8, 4) is 0 Å². The zero-order valence-electron chi connectivity index (χ0n) is 9.67. The number of hydrogen-bond donors (Lipinski definition) is 0. The number of halogens is 2. The van der Waals surface area contributed by atoms with E-state index in [-0.39, 0.29) is 5.56 Å². The zero-order valence-corrected chi connectivity index (χ0v) is 9.67. The molecule has 17 heavy (non-hydrogen) atoms. The minimum absolute atomic E-state index is 0.229. The molecular weight excluding hydrogens is 222 g/mol. The Morgan fingerprint density at radius 3 is 2.35 bits per heavy atom. The fourth-order valence-electron chi connectivity index (χ4n) is 1.59. The van der Waals surface area contributed by atoms with Crippen LogP contribution in [0.5, 0.6) is 0 Å². The van der Waals surface area contributed by atoms with Gasteiger partial charge in [0.1, 0.15) is 0 Å². The predicted octanol–water partition coefficient (Wildman–Crippen LogP) is 3.63. The van der Waals surface area contributed by atoms with Gasteiger partial charge in [-0.3, -0.25) is 4.79 Å². The first-order chi connectivity index (χ1) is 8.00. The minimum atomic E-state index is -3.37. The summed E-state index contributed by atoms with van der Waals surface area (Å²) >= 11 is 0. The Balaban J connectivity index is 2.11. The van der Waals surface area contributed by atoms with Crippen LogP contribution in [-0.4, -0.2) is 5.78 Å². The lowest BCUT2D eigenvalue weighted by molar-refractivity contribution is -0.141. The van der Waals surface area contributed by atoms with E-state index >= 15 is 0 Å². The Kier molecular flexibility index (Phi) is 3.09. The molecule has 0 amide bonds. The molecule has 0 aliphatic heterocycles. The van der Waals surface area contributed by atoms with Gasteiger partial charge in [0.15, 0.2) is 0 Å². The molecule has 0 radical (unpaired) electrons. The van der Waals surface area contributed by atoms with E-state index in [9.17, 15) is 13.6 Å². The van der Waals surface area contributed by atoms with Crippen molar-refractivity contribution in [1.29, 1.82) is 0 Å². The van der Waals surface area contributed by atoms with E-state index in [0.717, 1.165) is 18.9 Å². The van der Waals surface area contributed by atoms with Gasteiger partial charge in [-0.05, 0) is 24.8 Å². The van der Waals surface area contributed by atoms with Gasteiger partial charge in [0, 0.05) is 12.5 Å². The summed E-state index contributed by atoms with van der Waals surface area (Å²) in [5.74, 6) is -4.49. The number of alkyl halides is 2. The van der Waals surface area contributed by atoms with E-state index in [0.29, 0.717) is 0 Å². The summed E-state index contributed by atoms with van der Waals surface area (Å²) < 4.78 is 26.7. The van der Waals surface area contributed by atoms with Crippen LogP contribution < -0.4 is 0 Å². The first-order valence-electron chi connectivity index (χ1n) is 5.66. The van der Waals surface area contributed by atoms with Crippen LogP contribution in [0.1, 0.15) is 30.9 Å². The van der Waals surface area contributed by atoms with Crippen LogP contribution in [0.3, 0.4) is 0 Å². The van der Waals surface area contributed by atoms with E-state index in [2.05, 4.69) is 6.08 Å². The van der Waals surface area contributed by atoms with Crippen LogP contribution in [0.2, 0.25) is 0 Å². The fraction of sp³-hybridized carbons (Fsp3) is 0.357. The highest BCUT2D eigenvalue weighted by Crippen LogP contribution is 2.30. The Bertz CT molecular complexity index is 452. The van der Waals surface area contributed by atoms with Gasteiger partial charge < -0.3 is 0 Å². The number of hydrogen-bond acceptors (Lipinski definition) is 1. The van der Waals surface area contributed by atoms with Gasteiger partial charge >= 0.3 is 5.92 Å². The maximum absolute atomic E-state index is 13.4. The maximum Gasteiger partial charge on any atom is 0.330 e. The summed E-state index contributed by atoms with van der Waals surface area (Å²) in [5, 5.41) is 0. The summed E-state index contributed by atoms with van der Waals surface area (Å²) in [4.78, 5) is 10.8. The second-order valence-electron chi connectivity index (χ2n) is 4.39. The SMILES string of the molecule is CC(=O)C(F)(F)c1ccc(CC=C2CC2)cc1. The Morgan fingerprint density at radius 2 is 1.88 bits per heavy atom. The normalized spacial score (nSPS) is 14.6. The third-order valence-electron chi connectivity index (χ3n) is 2.92. The second-order valence-corrected chi connectivity index (χ2v) is 4.39. The van der Waals surface area contributed by atoms with Crippen molar-refractivity contribution < 1.29 is 13.6 Å². The Labute approximate surface area is 99.1 Å². The average molecular weight is 236 g/mol. The molecule has 1 fully saturated rings. The topological polar surface area (TPSA) is 17.1 Å². The third-order valence-corrected chi connectivity index (χ3v) is 2.92. The number of ketones is 1. The van der Waals surface area contributed by atoms with E-state index in [1.807, 2.05) is 0 Å². The zero-order chi connectivity index (χ0) is 12.5. The Morgan fingerprint density at radius 1 is 1.29 bits per heavy atom. The van der Waals surface area contributed by atoms with Gasteiger partial charge in [0.2, 0.25) is 5.78 Å². The monoisotopic (exact) mass is 236 g/mol. The molecule has 1 aliphatic carbocycles. The van der Waals surface area contributed by atoms with Crippen molar-refractivity contribution >= 4 is 5.78 Å². The van der Waals surface area contributed by atoms with Crippen molar-refractivity contribution in [3.05, 3.63) is 47.0 Å². The summed E-state index contributed by atoms with van der Waals surface area (Å²) in [6.07, 6.45) is 5.25. The predicted molar refractivity (Wildman–Crippen MR) is 62.0 cm³/mol. The molecule has 0 atom stereocenters. The first-order valence-corrected chi connectivity index (χ1v) is 5.66. The molecule has 0 heterocycles. The van der Waals surface area contributed by atoms with Crippen LogP contribution in [0.25, 0.3) is 0 Å². The molecule has 0 unspecified atom stereocenters. The molecule has 1 nitrogen and oxygen atoms in total. The average Bonchev–Trinajstić information content (AvgIpc) is 3.10. The second kappa shape index (κ2) is 4.40. The van der Waals surface area contributed by atoms with E-state index in [4.69, 9.17) is 0 Å². The summed E-state index contributed by atoms with van der Waals surface area (Å²) in [6.45, 7) is 0.908. The largest absolute Gasteiger partial charge is 0.330 e. The van der Waals surface area contributed by atoms with E-state index in [1.165, 1.54) is 30.5 Å². The highest BCUT2D eigenvalue weighted by molar-refractivity contribution is 5.84. The minimum Gasteiger partial charge on any atom is -0.293 e. The van der Waals surface area contributed by atoms with Crippen LogP contribution in [0.15, 0.2) is 35.9 Å². The molecule has 1 aliphatic rings. The highest BCUT2D eigenvalue weighted by atomic mass is 19.3. The summed E-state index contributed by atoms with van der Waals surface area (Å²) in [6, 6.07) is 5.99. The Hall–Kier alpha value is -1.51.